The highest BCUT2D eigenvalue weighted by Crippen LogP contribution is 2.18. The first-order valence-electron chi connectivity index (χ1n) is 11.1. The van der Waals surface area contributed by atoms with Crippen molar-refractivity contribution in [1.29, 1.82) is 0 Å². The van der Waals surface area contributed by atoms with E-state index in [-0.39, 0.29) is 12.4 Å². The minimum absolute atomic E-state index is 0. The summed E-state index contributed by atoms with van der Waals surface area (Å²) in [5.41, 5.74) is 0. The van der Waals surface area contributed by atoms with Gasteiger partial charge < -0.3 is 16.9 Å². The summed E-state index contributed by atoms with van der Waals surface area (Å²) >= 11 is 0. The number of likely N-dealkylation sites (tertiary alicyclic amines) is 1. The summed E-state index contributed by atoms with van der Waals surface area (Å²) in [7, 11) is 2.47. The Labute approximate surface area is 160 Å². The summed E-state index contributed by atoms with van der Waals surface area (Å²) in [4.78, 5) is 0. The fourth-order valence-corrected chi connectivity index (χ4v) is 4.19. The first-order valence-corrected chi connectivity index (χ1v) is 11.1. The van der Waals surface area contributed by atoms with E-state index in [0.29, 0.717) is 0 Å². The van der Waals surface area contributed by atoms with Gasteiger partial charge in [-0.1, -0.05) is 90.4 Å². The summed E-state index contributed by atoms with van der Waals surface area (Å²) in [6, 6.07) is 0. The first-order chi connectivity index (χ1) is 11.3. The average molecular weight is 360 g/mol. The second-order valence-electron chi connectivity index (χ2n) is 8.45. The summed E-state index contributed by atoms with van der Waals surface area (Å²) in [5, 5.41) is 0. The van der Waals surface area contributed by atoms with Crippen LogP contribution in [0.25, 0.3) is 0 Å². The van der Waals surface area contributed by atoms with Gasteiger partial charge in [0.25, 0.3) is 0 Å². The van der Waals surface area contributed by atoms with E-state index in [1.807, 2.05) is 0 Å². The van der Waals surface area contributed by atoms with Crippen molar-refractivity contribution in [2.45, 2.75) is 116 Å². The molecule has 0 unspecified atom stereocenters. The van der Waals surface area contributed by atoms with Crippen molar-refractivity contribution in [3.63, 3.8) is 0 Å². The molecular weight excluding hydrogens is 314 g/mol. The van der Waals surface area contributed by atoms with Crippen LogP contribution in [-0.2, 0) is 0 Å². The van der Waals surface area contributed by atoms with Crippen molar-refractivity contribution in [3.05, 3.63) is 0 Å². The lowest BCUT2D eigenvalue weighted by atomic mass is 10.0. The number of unbranched alkanes of at least 4 members (excludes halogenated alkanes) is 14. The van der Waals surface area contributed by atoms with Gasteiger partial charge in [0.05, 0.1) is 26.7 Å². The van der Waals surface area contributed by atoms with Gasteiger partial charge in [0.1, 0.15) is 0 Å². The highest BCUT2D eigenvalue weighted by Gasteiger charge is 2.25. The molecule has 0 saturated carbocycles. The molecule has 1 fully saturated rings. The van der Waals surface area contributed by atoms with Crippen molar-refractivity contribution in [2.75, 3.05) is 26.7 Å². The fraction of sp³-hybridized carbons (Fsp3) is 1.00. The highest BCUT2D eigenvalue weighted by molar-refractivity contribution is 4.53. The van der Waals surface area contributed by atoms with Crippen LogP contribution in [-0.4, -0.2) is 31.2 Å². The molecule has 1 nitrogen and oxygen atoms in total. The normalized spacial score (nSPS) is 16.2. The monoisotopic (exact) mass is 359 g/mol. The average Bonchev–Trinajstić information content (AvgIpc) is 2.98. The lowest BCUT2D eigenvalue weighted by Gasteiger charge is -2.29. The minimum Gasteiger partial charge on any atom is -1.00 e. The van der Waals surface area contributed by atoms with E-state index in [2.05, 4.69) is 14.0 Å². The standard InChI is InChI=1S/C22H46N.ClH/c1-3-4-5-6-7-8-9-10-11-12-13-14-15-16-17-20-23(2)21-18-19-22-23;/h3-22H2,1-2H3;1H/q+1;/p-1. The quantitative estimate of drug-likeness (QED) is 0.287. The number of quaternary nitrogens is 1. The van der Waals surface area contributed by atoms with E-state index in [1.54, 1.807) is 0 Å². The third-order valence-electron chi connectivity index (χ3n) is 5.95. The van der Waals surface area contributed by atoms with E-state index < -0.39 is 0 Å². The summed E-state index contributed by atoms with van der Waals surface area (Å²) in [5.74, 6) is 0. The second kappa shape index (κ2) is 16.7. The Kier molecular flexibility index (Phi) is 16.9. The van der Waals surface area contributed by atoms with Gasteiger partial charge in [-0.3, -0.25) is 0 Å². The summed E-state index contributed by atoms with van der Waals surface area (Å²) in [6.45, 7) is 6.63. The molecule has 1 heterocycles. The molecule has 0 aromatic carbocycles. The Bertz CT molecular complexity index is 248. The number of rotatable bonds is 16. The van der Waals surface area contributed by atoms with Crippen LogP contribution in [0.4, 0.5) is 0 Å². The molecule has 0 aromatic rings. The number of hydrogen-bond donors (Lipinski definition) is 0. The third-order valence-corrected chi connectivity index (χ3v) is 5.95. The number of hydrogen-bond acceptors (Lipinski definition) is 0. The molecule has 0 atom stereocenters. The summed E-state index contributed by atoms with van der Waals surface area (Å²) in [6.07, 6.45) is 25.0. The molecular formula is C22H46ClN. The molecule has 2 heteroatoms. The molecule has 24 heavy (non-hydrogen) atoms. The van der Waals surface area contributed by atoms with Gasteiger partial charge in [0.15, 0.2) is 0 Å². The second-order valence-corrected chi connectivity index (χ2v) is 8.45. The Balaban J connectivity index is 0.00000529. The Morgan fingerprint density at radius 3 is 1.25 bits per heavy atom. The smallest absolute Gasteiger partial charge is 0.0786 e. The van der Waals surface area contributed by atoms with Crippen molar-refractivity contribution in [1.82, 2.24) is 0 Å². The van der Waals surface area contributed by atoms with Crippen LogP contribution in [0, 0.1) is 0 Å². The predicted molar refractivity (Wildman–Crippen MR) is 105 cm³/mol. The van der Waals surface area contributed by atoms with E-state index in [1.165, 1.54) is 133 Å². The van der Waals surface area contributed by atoms with Crippen LogP contribution in [0.3, 0.4) is 0 Å². The van der Waals surface area contributed by atoms with Crippen LogP contribution in [0.15, 0.2) is 0 Å². The Morgan fingerprint density at radius 2 is 0.875 bits per heavy atom. The zero-order valence-electron chi connectivity index (χ0n) is 17.0. The van der Waals surface area contributed by atoms with Gasteiger partial charge in [-0.15, -0.1) is 0 Å². The molecule has 0 spiro atoms. The lowest BCUT2D eigenvalue weighted by Crippen LogP contribution is -3.00. The van der Waals surface area contributed by atoms with Gasteiger partial charge in [-0.25, -0.2) is 0 Å². The molecule has 1 saturated heterocycles. The number of nitrogens with zero attached hydrogens (tertiary/aromatic N) is 1. The molecule has 1 aliphatic rings. The van der Waals surface area contributed by atoms with Crippen molar-refractivity contribution >= 4 is 0 Å². The zero-order chi connectivity index (χ0) is 16.6. The van der Waals surface area contributed by atoms with Gasteiger partial charge in [0.2, 0.25) is 0 Å². The van der Waals surface area contributed by atoms with Crippen LogP contribution < -0.4 is 12.4 Å². The van der Waals surface area contributed by atoms with Crippen molar-refractivity contribution in [3.8, 4) is 0 Å². The molecule has 0 aliphatic carbocycles. The molecule has 0 N–H and O–H groups in total. The van der Waals surface area contributed by atoms with Gasteiger partial charge in [0, 0.05) is 12.8 Å². The maximum Gasteiger partial charge on any atom is 0.0786 e. The zero-order valence-corrected chi connectivity index (χ0v) is 17.7. The van der Waals surface area contributed by atoms with Gasteiger partial charge >= 0.3 is 0 Å². The number of halogens is 1. The molecule has 1 aliphatic heterocycles. The topological polar surface area (TPSA) is 0 Å². The molecule has 146 valence electrons. The maximum atomic E-state index is 2.47. The van der Waals surface area contributed by atoms with Crippen LogP contribution in [0.5, 0.6) is 0 Å². The van der Waals surface area contributed by atoms with Crippen LogP contribution >= 0.6 is 0 Å². The van der Waals surface area contributed by atoms with Crippen molar-refractivity contribution in [2.24, 2.45) is 0 Å². The first kappa shape index (κ1) is 24.2. The Hall–Kier alpha value is 0.250. The minimum atomic E-state index is 0. The third kappa shape index (κ3) is 13.5. The van der Waals surface area contributed by atoms with E-state index in [0.717, 1.165) is 0 Å². The predicted octanol–water partition coefficient (Wildman–Crippen LogP) is 4.10. The highest BCUT2D eigenvalue weighted by atomic mass is 35.5. The van der Waals surface area contributed by atoms with E-state index >= 15 is 0 Å². The molecule has 0 amide bonds. The van der Waals surface area contributed by atoms with Gasteiger partial charge in [-0.05, 0) is 12.8 Å². The molecule has 1 rings (SSSR count). The largest absolute Gasteiger partial charge is 1.00 e. The van der Waals surface area contributed by atoms with Crippen LogP contribution in [0.1, 0.15) is 116 Å². The van der Waals surface area contributed by atoms with Crippen LogP contribution in [0.2, 0.25) is 0 Å². The lowest BCUT2D eigenvalue weighted by molar-refractivity contribution is -0.897. The van der Waals surface area contributed by atoms with E-state index in [4.69, 9.17) is 0 Å². The van der Waals surface area contributed by atoms with E-state index in [9.17, 15) is 0 Å². The Morgan fingerprint density at radius 1 is 0.542 bits per heavy atom. The molecule has 0 bridgehead atoms. The van der Waals surface area contributed by atoms with Gasteiger partial charge in [-0.2, -0.15) is 0 Å². The van der Waals surface area contributed by atoms with Crippen molar-refractivity contribution < 1.29 is 16.9 Å². The molecule has 0 aromatic heterocycles. The molecule has 0 radical (unpaired) electrons. The summed E-state index contributed by atoms with van der Waals surface area (Å²) < 4.78 is 1.37. The maximum absolute atomic E-state index is 2.47. The SMILES string of the molecule is CCCCCCCCCCCCCCCCC[N+]1(C)CCCC1.[Cl-]. The fourth-order valence-electron chi connectivity index (χ4n) is 4.19.